The number of rotatable bonds is 6. The van der Waals surface area contributed by atoms with Gasteiger partial charge in [-0.3, -0.25) is 14.6 Å². The molecule has 0 N–H and O–H groups in total. The van der Waals surface area contributed by atoms with Crippen LogP contribution in [0.1, 0.15) is 15.9 Å². The maximum Gasteiger partial charge on any atom is 0.337 e. The first-order valence-electron chi connectivity index (χ1n) is 9.43. The molecule has 4 rings (SSSR count). The molecule has 0 bridgehead atoms. The fourth-order valence-electron chi connectivity index (χ4n) is 3.66. The lowest BCUT2D eigenvalue weighted by atomic mass is 10.1. The summed E-state index contributed by atoms with van der Waals surface area (Å²) in [6.45, 7) is 0.119. The van der Waals surface area contributed by atoms with Crippen LogP contribution in [0.5, 0.6) is 11.5 Å². The van der Waals surface area contributed by atoms with E-state index in [0.29, 0.717) is 28.3 Å². The maximum atomic E-state index is 13.1. The number of hydrogen-bond acceptors (Lipinski definition) is 9. The quantitative estimate of drug-likeness (QED) is 0.515. The molecule has 2 aromatic carbocycles. The van der Waals surface area contributed by atoms with Gasteiger partial charge in [0.15, 0.2) is 12.1 Å². The van der Waals surface area contributed by atoms with Crippen LogP contribution in [-0.2, 0) is 20.9 Å². The van der Waals surface area contributed by atoms with E-state index < -0.39 is 29.9 Å². The van der Waals surface area contributed by atoms with E-state index in [9.17, 15) is 14.4 Å². The van der Waals surface area contributed by atoms with Crippen LogP contribution in [0.3, 0.4) is 0 Å². The van der Waals surface area contributed by atoms with E-state index in [4.69, 9.17) is 14.2 Å². The smallest absolute Gasteiger partial charge is 0.337 e. The second kappa shape index (κ2) is 8.05. The molecule has 31 heavy (non-hydrogen) atoms. The minimum atomic E-state index is -0.926. The normalized spacial score (nSPS) is 19.6. The third-order valence-electron chi connectivity index (χ3n) is 5.22. The second-order valence-electron chi connectivity index (χ2n) is 6.92. The van der Waals surface area contributed by atoms with Crippen molar-refractivity contribution in [3.63, 3.8) is 0 Å². The topological polar surface area (TPSA) is 110 Å². The van der Waals surface area contributed by atoms with Crippen molar-refractivity contribution in [1.82, 2.24) is 5.01 Å². The fourth-order valence-corrected chi connectivity index (χ4v) is 3.66. The Kier molecular flexibility index (Phi) is 5.28. The van der Waals surface area contributed by atoms with Crippen LogP contribution in [0.2, 0.25) is 0 Å². The van der Waals surface area contributed by atoms with E-state index in [1.807, 2.05) is 0 Å². The summed E-state index contributed by atoms with van der Waals surface area (Å²) < 4.78 is 15.3. The van der Waals surface area contributed by atoms with Gasteiger partial charge in [-0.2, -0.15) is 5.11 Å². The highest BCUT2D eigenvalue weighted by Gasteiger charge is 2.54. The minimum Gasteiger partial charge on any atom is -0.497 e. The molecule has 160 valence electrons. The number of hydrogen-bond donors (Lipinski definition) is 0. The fraction of sp³-hybridized carbons (Fsp3) is 0.286. The van der Waals surface area contributed by atoms with Gasteiger partial charge in [0.1, 0.15) is 11.5 Å². The third-order valence-corrected chi connectivity index (χ3v) is 5.22. The monoisotopic (exact) mass is 424 g/mol. The molecule has 2 heterocycles. The van der Waals surface area contributed by atoms with E-state index in [1.54, 1.807) is 42.5 Å². The van der Waals surface area contributed by atoms with E-state index >= 15 is 0 Å². The number of ether oxygens (including phenoxy) is 3. The highest BCUT2D eigenvalue weighted by atomic mass is 16.5. The number of anilines is 1. The predicted octanol–water partition coefficient (Wildman–Crippen LogP) is 1.98. The molecule has 2 aliphatic heterocycles. The summed E-state index contributed by atoms with van der Waals surface area (Å²) in [4.78, 5) is 39.0. The molecule has 10 heteroatoms. The van der Waals surface area contributed by atoms with Crippen molar-refractivity contribution >= 4 is 23.5 Å². The van der Waals surface area contributed by atoms with Crippen LogP contribution in [0.15, 0.2) is 52.8 Å². The Morgan fingerprint density at radius 3 is 2.39 bits per heavy atom. The summed E-state index contributed by atoms with van der Waals surface area (Å²) in [5.74, 6) is -0.241. The molecule has 2 amide bonds. The lowest BCUT2D eigenvalue weighted by molar-refractivity contribution is -0.123. The number of amides is 2. The molecule has 0 aliphatic carbocycles. The number of esters is 1. The zero-order valence-electron chi connectivity index (χ0n) is 17.1. The Balaban J connectivity index is 1.60. The van der Waals surface area contributed by atoms with Gasteiger partial charge in [-0.05, 0) is 42.5 Å². The molecule has 0 unspecified atom stereocenters. The van der Waals surface area contributed by atoms with Gasteiger partial charge in [0, 0.05) is 5.56 Å². The summed E-state index contributed by atoms with van der Waals surface area (Å²) in [5, 5.41) is 9.51. The number of nitrogens with zero attached hydrogens (tertiary/aromatic N) is 4. The highest BCUT2D eigenvalue weighted by Crippen LogP contribution is 2.34. The number of methoxy groups -OCH3 is 3. The van der Waals surface area contributed by atoms with Gasteiger partial charge >= 0.3 is 5.97 Å². The maximum absolute atomic E-state index is 13.1. The van der Waals surface area contributed by atoms with Crippen molar-refractivity contribution in [2.75, 3.05) is 26.2 Å². The van der Waals surface area contributed by atoms with Gasteiger partial charge < -0.3 is 14.2 Å². The predicted molar refractivity (Wildman–Crippen MR) is 108 cm³/mol. The Labute approximate surface area is 178 Å². The van der Waals surface area contributed by atoms with Gasteiger partial charge in [-0.25, -0.2) is 9.69 Å². The SMILES string of the molecule is COC(=O)c1ccc(OC)c(CN2N=N[C@H]3C(=O)N(c4ccc(OC)cc4)C(=O)[C@H]32)c1. The van der Waals surface area contributed by atoms with Crippen molar-refractivity contribution in [3.05, 3.63) is 53.6 Å². The van der Waals surface area contributed by atoms with Gasteiger partial charge in [0.25, 0.3) is 11.8 Å². The Bertz CT molecular complexity index is 1070. The van der Waals surface area contributed by atoms with Crippen LogP contribution in [-0.4, -0.2) is 56.2 Å². The molecular weight excluding hydrogens is 404 g/mol. The Hall–Kier alpha value is -3.95. The first-order chi connectivity index (χ1) is 15.0. The standard InChI is InChI=1S/C21H20N4O6/c1-29-15-7-5-14(6-8-15)25-19(26)17-18(20(25)27)24(23-22-17)11-13-10-12(21(28)31-3)4-9-16(13)30-2/h4-10,17-18H,11H2,1-3H3/t17-,18+/m1/s1. The molecule has 1 saturated heterocycles. The van der Waals surface area contributed by atoms with E-state index in [-0.39, 0.29) is 6.54 Å². The second-order valence-corrected chi connectivity index (χ2v) is 6.92. The Morgan fingerprint density at radius 2 is 1.74 bits per heavy atom. The number of benzene rings is 2. The Morgan fingerprint density at radius 1 is 1.00 bits per heavy atom. The van der Waals surface area contributed by atoms with Gasteiger partial charge in [0.05, 0.1) is 39.1 Å². The largest absolute Gasteiger partial charge is 0.497 e. The first-order valence-corrected chi connectivity index (χ1v) is 9.43. The number of carbonyl (C=O) groups is 3. The van der Waals surface area contributed by atoms with Crippen molar-refractivity contribution < 1.29 is 28.6 Å². The summed E-state index contributed by atoms with van der Waals surface area (Å²) in [5.41, 5.74) is 1.37. The minimum absolute atomic E-state index is 0.119. The summed E-state index contributed by atoms with van der Waals surface area (Å²) in [6.07, 6.45) is 0. The average molecular weight is 424 g/mol. The van der Waals surface area contributed by atoms with Crippen LogP contribution < -0.4 is 14.4 Å². The van der Waals surface area contributed by atoms with Crippen molar-refractivity contribution in [2.45, 2.75) is 18.6 Å². The molecular formula is C21H20N4O6. The van der Waals surface area contributed by atoms with E-state index in [2.05, 4.69) is 10.3 Å². The molecule has 2 aromatic rings. The van der Waals surface area contributed by atoms with E-state index in [0.717, 1.165) is 4.90 Å². The molecule has 0 radical (unpaired) electrons. The molecule has 0 aromatic heterocycles. The highest BCUT2D eigenvalue weighted by molar-refractivity contribution is 6.25. The number of imide groups is 1. The number of carbonyl (C=O) groups excluding carboxylic acids is 3. The lowest BCUT2D eigenvalue weighted by Crippen LogP contribution is -2.39. The van der Waals surface area contributed by atoms with Crippen molar-refractivity contribution in [2.24, 2.45) is 10.3 Å². The van der Waals surface area contributed by atoms with Gasteiger partial charge in [-0.15, -0.1) is 0 Å². The zero-order chi connectivity index (χ0) is 22.1. The number of fused-ring (bicyclic) bond motifs is 1. The van der Waals surface area contributed by atoms with Crippen molar-refractivity contribution in [1.29, 1.82) is 0 Å². The van der Waals surface area contributed by atoms with Crippen LogP contribution in [0.25, 0.3) is 0 Å². The average Bonchev–Trinajstić information content (AvgIpc) is 3.32. The molecule has 2 atom stereocenters. The van der Waals surface area contributed by atoms with Crippen molar-refractivity contribution in [3.8, 4) is 11.5 Å². The molecule has 10 nitrogen and oxygen atoms in total. The zero-order valence-corrected chi connectivity index (χ0v) is 17.1. The molecule has 0 spiro atoms. The van der Waals surface area contributed by atoms with Crippen LogP contribution >= 0.6 is 0 Å². The summed E-state index contributed by atoms with van der Waals surface area (Å²) in [7, 11) is 4.33. The summed E-state index contributed by atoms with van der Waals surface area (Å²) >= 11 is 0. The molecule has 0 saturated carbocycles. The lowest BCUT2D eigenvalue weighted by Gasteiger charge is -2.22. The van der Waals surface area contributed by atoms with Crippen LogP contribution in [0, 0.1) is 0 Å². The van der Waals surface area contributed by atoms with E-state index in [1.165, 1.54) is 26.3 Å². The summed E-state index contributed by atoms with van der Waals surface area (Å²) in [6, 6.07) is 9.65. The van der Waals surface area contributed by atoms with Gasteiger partial charge in [-0.1, -0.05) is 5.22 Å². The van der Waals surface area contributed by atoms with Gasteiger partial charge in [0.2, 0.25) is 0 Å². The first kappa shape index (κ1) is 20.3. The molecule has 2 aliphatic rings. The third kappa shape index (κ3) is 3.45. The van der Waals surface area contributed by atoms with Crippen LogP contribution in [0.4, 0.5) is 5.69 Å². The molecule has 1 fully saturated rings.